The third-order valence-electron chi connectivity index (χ3n) is 5.38. The van der Waals surface area contributed by atoms with Crippen LogP contribution < -0.4 is 10.1 Å². The molecular weight excluding hydrogens is 418 g/mol. The summed E-state index contributed by atoms with van der Waals surface area (Å²) in [5.41, 5.74) is 3.39. The van der Waals surface area contributed by atoms with E-state index in [4.69, 9.17) is 4.74 Å². The largest absolute Gasteiger partial charge is 0.494 e. The maximum atomic E-state index is 12.3. The smallest absolute Gasteiger partial charge is 0.239 e. The fourth-order valence-corrected chi connectivity index (χ4v) is 4.37. The van der Waals surface area contributed by atoms with Crippen LogP contribution in [0.25, 0.3) is 0 Å². The molecule has 3 rings (SSSR count). The van der Waals surface area contributed by atoms with Gasteiger partial charge in [-0.15, -0.1) is 5.10 Å². The molecule has 2 aromatic rings. The quantitative estimate of drug-likeness (QED) is 0.253. The van der Waals surface area contributed by atoms with Gasteiger partial charge in [0.2, 0.25) is 5.91 Å². The Hall–Kier alpha value is -2.60. The molecule has 1 fully saturated rings. The second kappa shape index (κ2) is 13.1. The summed E-state index contributed by atoms with van der Waals surface area (Å²) >= 11 is 1.43. The lowest BCUT2D eigenvalue weighted by atomic mass is 10.1. The van der Waals surface area contributed by atoms with E-state index in [2.05, 4.69) is 53.6 Å². The summed E-state index contributed by atoms with van der Waals surface area (Å²) in [6.07, 6.45) is 9.54. The summed E-state index contributed by atoms with van der Waals surface area (Å²) in [4.78, 5) is 12.3. The van der Waals surface area contributed by atoms with E-state index in [9.17, 15) is 4.79 Å². The van der Waals surface area contributed by atoms with E-state index in [1.165, 1.54) is 43.0 Å². The highest BCUT2D eigenvalue weighted by atomic mass is 32.2. The van der Waals surface area contributed by atoms with E-state index in [1.54, 1.807) is 6.21 Å². The summed E-state index contributed by atoms with van der Waals surface area (Å²) < 4.78 is 5.79. The van der Waals surface area contributed by atoms with Gasteiger partial charge in [-0.2, -0.15) is 5.10 Å². The van der Waals surface area contributed by atoms with Gasteiger partial charge in [-0.3, -0.25) is 4.79 Å². The van der Waals surface area contributed by atoms with Gasteiger partial charge in [0.1, 0.15) is 5.75 Å². The van der Waals surface area contributed by atoms with Crippen LogP contribution in [0.15, 0.2) is 58.7 Å². The van der Waals surface area contributed by atoms with E-state index in [0.29, 0.717) is 11.6 Å². The Morgan fingerprint density at radius 3 is 2.41 bits per heavy atom. The van der Waals surface area contributed by atoms with Gasteiger partial charge < -0.3 is 10.1 Å². The lowest BCUT2D eigenvalue weighted by Crippen LogP contribution is -2.25. The van der Waals surface area contributed by atoms with E-state index < -0.39 is 0 Å². The molecule has 1 atom stereocenters. The molecule has 0 bridgehead atoms. The number of thioether (sulfide) groups is 1. The molecule has 0 saturated carbocycles. The first-order valence-corrected chi connectivity index (χ1v) is 12.4. The molecule has 1 N–H and O–H groups in total. The van der Waals surface area contributed by atoms with Crippen LogP contribution in [0, 0.1) is 0 Å². The number of amidine groups is 1. The summed E-state index contributed by atoms with van der Waals surface area (Å²) in [7, 11) is 0. The summed E-state index contributed by atoms with van der Waals surface area (Å²) in [5.74, 6) is 0.858. The van der Waals surface area contributed by atoms with Gasteiger partial charge in [-0.1, -0.05) is 75.6 Å². The molecule has 1 saturated heterocycles. The Balaban J connectivity index is 1.44. The molecule has 0 aromatic heterocycles. The average Bonchev–Trinajstić information content (AvgIpc) is 3.16. The number of rotatable bonds is 12. The van der Waals surface area contributed by atoms with Gasteiger partial charge in [-0.25, -0.2) is 0 Å². The highest BCUT2D eigenvalue weighted by molar-refractivity contribution is 8.15. The molecule has 6 heteroatoms. The van der Waals surface area contributed by atoms with Crippen LogP contribution in [0.1, 0.15) is 62.6 Å². The molecule has 1 amide bonds. The van der Waals surface area contributed by atoms with Crippen molar-refractivity contribution in [3.05, 3.63) is 65.2 Å². The predicted octanol–water partition coefficient (Wildman–Crippen LogP) is 5.76. The van der Waals surface area contributed by atoms with Crippen molar-refractivity contribution in [1.82, 2.24) is 5.32 Å². The van der Waals surface area contributed by atoms with Crippen molar-refractivity contribution in [2.24, 2.45) is 10.2 Å². The monoisotopic (exact) mass is 451 g/mol. The van der Waals surface area contributed by atoms with Crippen LogP contribution in [-0.2, 0) is 17.6 Å². The highest BCUT2D eigenvalue weighted by Gasteiger charge is 2.30. The Kier molecular flexibility index (Phi) is 9.82. The summed E-state index contributed by atoms with van der Waals surface area (Å²) in [6, 6.07) is 16.3. The lowest BCUT2D eigenvalue weighted by molar-refractivity contribution is -0.118. The molecule has 1 unspecified atom stereocenters. The maximum Gasteiger partial charge on any atom is 0.239 e. The molecular formula is C26H33N3O2S. The van der Waals surface area contributed by atoms with E-state index in [-0.39, 0.29) is 11.2 Å². The van der Waals surface area contributed by atoms with Gasteiger partial charge in [0, 0.05) is 0 Å². The van der Waals surface area contributed by atoms with Crippen molar-refractivity contribution in [1.29, 1.82) is 0 Å². The SMILES string of the molecule is CCCCCCCOc1ccc(/C=N/N=C2\NC(=O)C(Cc3ccc(CC)cc3)S2)cc1. The molecule has 32 heavy (non-hydrogen) atoms. The van der Waals surface area contributed by atoms with E-state index in [1.807, 2.05) is 24.3 Å². The van der Waals surface area contributed by atoms with Crippen LogP contribution in [0.3, 0.4) is 0 Å². The van der Waals surface area contributed by atoms with Gasteiger partial charge in [-0.05, 0) is 60.2 Å². The van der Waals surface area contributed by atoms with E-state index in [0.717, 1.165) is 36.3 Å². The maximum absolute atomic E-state index is 12.3. The fourth-order valence-electron chi connectivity index (χ4n) is 3.41. The minimum absolute atomic E-state index is 0.0142. The van der Waals surface area contributed by atoms with Crippen molar-refractivity contribution in [2.45, 2.75) is 64.0 Å². The van der Waals surface area contributed by atoms with Crippen molar-refractivity contribution in [2.75, 3.05) is 6.61 Å². The number of nitrogens with one attached hydrogen (secondary N) is 1. The number of amides is 1. The van der Waals surface area contributed by atoms with Crippen molar-refractivity contribution >= 4 is 29.1 Å². The number of unbranched alkanes of at least 4 members (excludes halogenated alkanes) is 4. The van der Waals surface area contributed by atoms with Gasteiger partial charge in [0.15, 0.2) is 5.17 Å². The zero-order valence-electron chi connectivity index (χ0n) is 19.0. The molecule has 0 aliphatic carbocycles. The van der Waals surface area contributed by atoms with Crippen LogP contribution in [0.2, 0.25) is 0 Å². The minimum Gasteiger partial charge on any atom is -0.494 e. The highest BCUT2D eigenvalue weighted by Crippen LogP contribution is 2.23. The first kappa shape index (κ1) is 24.1. The number of hydrogen-bond donors (Lipinski definition) is 1. The Morgan fingerprint density at radius 2 is 1.69 bits per heavy atom. The van der Waals surface area contributed by atoms with Crippen LogP contribution in [-0.4, -0.2) is 29.1 Å². The Bertz CT molecular complexity index is 908. The number of carbonyl (C=O) groups is 1. The zero-order valence-corrected chi connectivity index (χ0v) is 19.9. The van der Waals surface area contributed by atoms with Gasteiger partial charge >= 0.3 is 0 Å². The third kappa shape index (κ3) is 7.83. The van der Waals surface area contributed by atoms with Crippen LogP contribution >= 0.6 is 11.8 Å². The molecule has 0 radical (unpaired) electrons. The average molecular weight is 452 g/mol. The summed E-state index contributed by atoms with van der Waals surface area (Å²) in [5, 5.41) is 11.5. The second-order valence-corrected chi connectivity index (χ2v) is 9.14. The normalized spacial score (nSPS) is 17.2. The number of aryl methyl sites for hydroxylation is 1. The lowest BCUT2D eigenvalue weighted by Gasteiger charge is -2.06. The van der Waals surface area contributed by atoms with Crippen molar-refractivity contribution < 1.29 is 9.53 Å². The Morgan fingerprint density at radius 1 is 0.969 bits per heavy atom. The van der Waals surface area contributed by atoms with Crippen LogP contribution in [0.5, 0.6) is 5.75 Å². The molecule has 2 aromatic carbocycles. The molecule has 1 aliphatic rings. The zero-order chi connectivity index (χ0) is 22.6. The van der Waals surface area contributed by atoms with Gasteiger partial charge in [0.05, 0.1) is 18.1 Å². The topological polar surface area (TPSA) is 63.1 Å². The number of benzene rings is 2. The minimum atomic E-state index is -0.171. The molecule has 170 valence electrons. The van der Waals surface area contributed by atoms with Crippen molar-refractivity contribution in [3.8, 4) is 5.75 Å². The number of hydrogen-bond acceptors (Lipinski definition) is 5. The number of nitrogens with zero attached hydrogens (tertiary/aromatic N) is 2. The molecule has 5 nitrogen and oxygen atoms in total. The van der Waals surface area contributed by atoms with Gasteiger partial charge in [0.25, 0.3) is 0 Å². The number of ether oxygens (including phenoxy) is 1. The standard InChI is InChI=1S/C26H33N3O2S/c1-3-5-6-7-8-17-31-23-15-13-22(14-16-23)19-27-29-26-28-25(30)24(32-26)18-21-11-9-20(4-2)10-12-21/h9-16,19,24H,3-8,17-18H2,1-2H3,(H,28,29,30)/b27-19+. The summed E-state index contributed by atoms with van der Waals surface area (Å²) in [6.45, 7) is 5.11. The first-order valence-electron chi connectivity index (χ1n) is 11.6. The van der Waals surface area contributed by atoms with E-state index >= 15 is 0 Å². The van der Waals surface area contributed by atoms with Crippen LogP contribution in [0.4, 0.5) is 0 Å². The Labute approximate surface area is 195 Å². The number of carbonyl (C=O) groups excluding carboxylic acids is 1. The van der Waals surface area contributed by atoms with Crippen molar-refractivity contribution in [3.63, 3.8) is 0 Å². The fraction of sp³-hybridized carbons (Fsp3) is 0.423. The third-order valence-corrected chi connectivity index (χ3v) is 6.45. The predicted molar refractivity (Wildman–Crippen MR) is 135 cm³/mol. The molecule has 1 aliphatic heterocycles. The molecule has 1 heterocycles. The second-order valence-electron chi connectivity index (χ2n) is 7.95. The molecule has 0 spiro atoms. The first-order chi connectivity index (χ1) is 15.7.